The largest absolute Gasteiger partial charge is 0.452 e. The molecule has 2 N–H and O–H groups in total. The fourth-order valence-electron chi connectivity index (χ4n) is 2.16. The Morgan fingerprint density at radius 3 is 2.72 bits per heavy atom. The number of pyridine rings is 1. The summed E-state index contributed by atoms with van der Waals surface area (Å²) < 4.78 is 5.00. The molecule has 1 amide bonds. The average molecular weight is 360 g/mol. The van der Waals surface area contributed by atoms with E-state index in [1.54, 1.807) is 24.3 Å². The van der Waals surface area contributed by atoms with Crippen molar-refractivity contribution in [2.75, 3.05) is 17.2 Å². The van der Waals surface area contributed by atoms with Crippen molar-refractivity contribution in [1.82, 2.24) is 4.98 Å². The highest BCUT2D eigenvalue weighted by atomic mass is 35.5. The third kappa shape index (κ3) is 4.93. The first kappa shape index (κ1) is 17.2. The zero-order valence-corrected chi connectivity index (χ0v) is 14.5. The molecule has 1 heterocycles. The molecule has 0 spiro atoms. The number of ether oxygens (including phenoxy) is 1. The predicted molar refractivity (Wildman–Crippen MR) is 96.0 cm³/mol. The highest BCUT2D eigenvalue weighted by molar-refractivity contribution is 6.33. The van der Waals surface area contributed by atoms with Crippen molar-refractivity contribution in [3.05, 3.63) is 52.7 Å². The topological polar surface area (TPSA) is 80.3 Å². The summed E-state index contributed by atoms with van der Waals surface area (Å²) in [4.78, 5) is 28.0. The monoisotopic (exact) mass is 359 g/mol. The van der Waals surface area contributed by atoms with Gasteiger partial charge in [0.05, 0.1) is 16.3 Å². The van der Waals surface area contributed by atoms with Crippen molar-refractivity contribution in [3.8, 4) is 0 Å². The van der Waals surface area contributed by atoms with Crippen LogP contribution in [0.4, 0.5) is 11.5 Å². The van der Waals surface area contributed by atoms with Crippen molar-refractivity contribution in [1.29, 1.82) is 0 Å². The normalized spacial score (nSPS) is 13.2. The molecule has 0 unspecified atom stereocenters. The van der Waals surface area contributed by atoms with Crippen LogP contribution >= 0.6 is 11.6 Å². The summed E-state index contributed by atoms with van der Waals surface area (Å²) in [7, 11) is 0. The van der Waals surface area contributed by atoms with Gasteiger partial charge in [-0.2, -0.15) is 0 Å². The molecule has 130 valence electrons. The van der Waals surface area contributed by atoms with Crippen LogP contribution in [0.15, 0.2) is 36.5 Å². The quantitative estimate of drug-likeness (QED) is 0.772. The van der Waals surface area contributed by atoms with Crippen molar-refractivity contribution >= 4 is 35.0 Å². The molecular formula is C18H18ClN3O3. The van der Waals surface area contributed by atoms with Crippen molar-refractivity contribution in [2.24, 2.45) is 0 Å². The van der Waals surface area contributed by atoms with Gasteiger partial charge in [0.15, 0.2) is 6.61 Å². The van der Waals surface area contributed by atoms with Gasteiger partial charge in [0, 0.05) is 12.2 Å². The fourth-order valence-corrected chi connectivity index (χ4v) is 2.44. The number of anilines is 2. The second kappa shape index (κ2) is 7.53. The van der Waals surface area contributed by atoms with Gasteiger partial charge in [-0.05, 0) is 49.6 Å². The number of nitrogens with zero attached hydrogens (tertiary/aromatic N) is 1. The van der Waals surface area contributed by atoms with Crippen LogP contribution < -0.4 is 10.6 Å². The van der Waals surface area contributed by atoms with Crippen molar-refractivity contribution in [2.45, 2.75) is 25.8 Å². The number of carbonyl (C=O) groups is 2. The number of rotatable bonds is 6. The Morgan fingerprint density at radius 1 is 1.28 bits per heavy atom. The van der Waals surface area contributed by atoms with E-state index in [-0.39, 0.29) is 0 Å². The highest BCUT2D eigenvalue weighted by Gasteiger charge is 2.21. The maximum atomic E-state index is 12.0. The molecule has 7 heteroatoms. The maximum absolute atomic E-state index is 12.0. The van der Waals surface area contributed by atoms with Gasteiger partial charge < -0.3 is 15.4 Å². The van der Waals surface area contributed by atoms with E-state index >= 15 is 0 Å². The lowest BCUT2D eigenvalue weighted by Gasteiger charge is -2.09. The lowest BCUT2D eigenvalue weighted by molar-refractivity contribution is -0.119. The Kier molecular flexibility index (Phi) is 5.19. The number of carbonyl (C=O) groups excluding carboxylic acids is 2. The van der Waals surface area contributed by atoms with Gasteiger partial charge in [0.25, 0.3) is 5.91 Å². The first-order valence-electron chi connectivity index (χ1n) is 7.97. The van der Waals surface area contributed by atoms with Gasteiger partial charge >= 0.3 is 5.97 Å². The minimum Gasteiger partial charge on any atom is -0.452 e. The fraction of sp³-hybridized carbons (Fsp3) is 0.278. The van der Waals surface area contributed by atoms with E-state index in [1.807, 2.05) is 13.0 Å². The number of amides is 1. The van der Waals surface area contributed by atoms with Crippen LogP contribution in [0, 0.1) is 6.92 Å². The first-order valence-corrected chi connectivity index (χ1v) is 8.35. The van der Waals surface area contributed by atoms with Crippen LogP contribution in [0.25, 0.3) is 0 Å². The van der Waals surface area contributed by atoms with Gasteiger partial charge in [-0.25, -0.2) is 9.78 Å². The van der Waals surface area contributed by atoms with E-state index in [0.717, 1.165) is 24.2 Å². The van der Waals surface area contributed by atoms with E-state index in [4.69, 9.17) is 16.3 Å². The summed E-state index contributed by atoms with van der Waals surface area (Å²) in [6.45, 7) is 1.50. The van der Waals surface area contributed by atoms with Crippen LogP contribution in [0.3, 0.4) is 0 Å². The number of esters is 1. The highest BCUT2D eigenvalue weighted by Crippen LogP contribution is 2.24. The van der Waals surface area contributed by atoms with E-state index in [0.29, 0.717) is 22.3 Å². The number of hydrogen-bond acceptors (Lipinski definition) is 5. The van der Waals surface area contributed by atoms with Crippen LogP contribution in [0.2, 0.25) is 5.02 Å². The second-order valence-corrected chi connectivity index (χ2v) is 6.37. The molecular weight excluding hydrogens is 342 g/mol. The molecule has 3 rings (SSSR count). The van der Waals surface area contributed by atoms with Gasteiger partial charge in [-0.3, -0.25) is 4.79 Å². The van der Waals surface area contributed by atoms with Crippen LogP contribution in [-0.2, 0) is 9.53 Å². The molecule has 0 aliphatic heterocycles. The van der Waals surface area contributed by atoms with Crippen LogP contribution in [-0.4, -0.2) is 29.5 Å². The SMILES string of the molecule is Cc1ccc(NC(=O)COC(=O)c2ccc(NC3CC3)nc2)c(Cl)c1. The summed E-state index contributed by atoms with van der Waals surface area (Å²) >= 11 is 6.05. The Hall–Kier alpha value is -2.60. The Morgan fingerprint density at radius 2 is 2.08 bits per heavy atom. The Balaban J connectivity index is 1.49. The summed E-state index contributed by atoms with van der Waals surface area (Å²) in [5.41, 5.74) is 1.76. The zero-order chi connectivity index (χ0) is 17.8. The molecule has 6 nitrogen and oxygen atoms in total. The number of nitrogens with one attached hydrogen (secondary N) is 2. The third-order valence-corrected chi connectivity index (χ3v) is 3.97. The van der Waals surface area contributed by atoms with Crippen molar-refractivity contribution < 1.29 is 14.3 Å². The summed E-state index contributed by atoms with van der Waals surface area (Å²) in [6, 6.07) is 9.10. The van der Waals surface area contributed by atoms with Gasteiger partial charge in [-0.15, -0.1) is 0 Å². The van der Waals surface area contributed by atoms with E-state index < -0.39 is 18.5 Å². The van der Waals surface area contributed by atoms with E-state index in [9.17, 15) is 9.59 Å². The van der Waals surface area contributed by atoms with Crippen LogP contribution in [0.5, 0.6) is 0 Å². The number of aryl methyl sites for hydroxylation is 1. The number of benzene rings is 1. The molecule has 1 saturated carbocycles. The molecule has 25 heavy (non-hydrogen) atoms. The van der Waals surface area contributed by atoms with E-state index in [1.165, 1.54) is 6.20 Å². The molecule has 1 aromatic heterocycles. The summed E-state index contributed by atoms with van der Waals surface area (Å²) in [5.74, 6) is -0.333. The average Bonchev–Trinajstić information content (AvgIpc) is 3.40. The van der Waals surface area contributed by atoms with Crippen molar-refractivity contribution in [3.63, 3.8) is 0 Å². The molecule has 1 aliphatic carbocycles. The molecule has 1 fully saturated rings. The Bertz CT molecular complexity index is 789. The smallest absolute Gasteiger partial charge is 0.340 e. The minimum absolute atomic E-state index is 0.294. The standard InChI is InChI=1S/C18H18ClN3O3/c1-11-2-6-15(14(19)8-11)22-17(23)10-25-18(24)12-3-7-16(20-9-12)21-13-4-5-13/h2-3,6-9,13H,4-5,10H2,1H3,(H,20,21)(H,22,23). The predicted octanol–water partition coefficient (Wildman–Crippen LogP) is 3.41. The minimum atomic E-state index is -0.601. The molecule has 1 aliphatic rings. The lowest BCUT2D eigenvalue weighted by atomic mass is 10.2. The number of hydrogen-bond donors (Lipinski definition) is 2. The summed E-state index contributed by atoms with van der Waals surface area (Å²) in [6.07, 6.45) is 3.72. The molecule has 0 saturated heterocycles. The van der Waals surface area contributed by atoms with Gasteiger partial charge in [-0.1, -0.05) is 17.7 Å². The molecule has 1 aromatic carbocycles. The lowest BCUT2D eigenvalue weighted by Crippen LogP contribution is -2.21. The Labute approximate surface area is 150 Å². The van der Waals surface area contributed by atoms with Gasteiger partial charge in [0.2, 0.25) is 0 Å². The van der Waals surface area contributed by atoms with Gasteiger partial charge in [0.1, 0.15) is 5.82 Å². The third-order valence-electron chi connectivity index (χ3n) is 3.66. The molecule has 0 bridgehead atoms. The van der Waals surface area contributed by atoms with Crippen LogP contribution in [0.1, 0.15) is 28.8 Å². The maximum Gasteiger partial charge on any atom is 0.340 e. The number of aromatic nitrogens is 1. The number of halogens is 1. The first-order chi connectivity index (χ1) is 12.0. The zero-order valence-electron chi connectivity index (χ0n) is 13.7. The molecule has 0 radical (unpaired) electrons. The van der Waals surface area contributed by atoms with E-state index in [2.05, 4.69) is 15.6 Å². The molecule has 0 atom stereocenters. The molecule has 2 aromatic rings. The summed E-state index contributed by atoms with van der Waals surface area (Å²) in [5, 5.41) is 6.27. The second-order valence-electron chi connectivity index (χ2n) is 5.96.